The van der Waals surface area contributed by atoms with Crippen molar-refractivity contribution in [3.63, 3.8) is 0 Å². The maximum absolute atomic E-state index is 13.7. The lowest BCUT2D eigenvalue weighted by Crippen LogP contribution is -2.56. The Balaban J connectivity index is 1.33. The average molecular weight is 519 g/mol. The molecule has 1 spiro atoms. The zero-order chi connectivity index (χ0) is 26.9. The molecule has 38 heavy (non-hydrogen) atoms. The summed E-state index contributed by atoms with van der Waals surface area (Å²) in [5, 5.41) is 2.73. The summed E-state index contributed by atoms with van der Waals surface area (Å²) in [6, 6.07) is 13.6. The van der Waals surface area contributed by atoms with Crippen LogP contribution >= 0.6 is 0 Å². The average Bonchev–Trinajstić information content (AvgIpc) is 3.12. The van der Waals surface area contributed by atoms with Gasteiger partial charge in [-0.05, 0) is 76.2 Å². The molecule has 1 aromatic heterocycles. The van der Waals surface area contributed by atoms with Gasteiger partial charge in [-0.15, -0.1) is 0 Å². The Hall–Kier alpha value is -3.46. The SMILES string of the molecule is CN(C)[C@]1(c2ccccc2)CC[C@]2(CC1)CN(CC(=O)Nc1cc(C(N)=O)ccn1)C(=O)N2CC1CCC1. The van der Waals surface area contributed by atoms with Gasteiger partial charge in [-0.25, -0.2) is 9.78 Å². The molecule has 0 radical (unpaired) electrons. The summed E-state index contributed by atoms with van der Waals surface area (Å²) in [7, 11) is 4.30. The van der Waals surface area contributed by atoms with Crippen LogP contribution in [-0.2, 0) is 10.3 Å². The number of aromatic nitrogens is 1. The minimum Gasteiger partial charge on any atom is -0.366 e. The monoisotopic (exact) mass is 518 g/mol. The van der Waals surface area contributed by atoms with E-state index < -0.39 is 5.91 Å². The number of rotatable bonds is 8. The maximum atomic E-state index is 13.7. The molecule has 3 aliphatic rings. The predicted molar refractivity (Wildman–Crippen MR) is 145 cm³/mol. The van der Waals surface area contributed by atoms with Crippen LogP contribution in [0, 0.1) is 5.92 Å². The number of anilines is 1. The number of benzene rings is 1. The molecule has 2 heterocycles. The van der Waals surface area contributed by atoms with Gasteiger partial charge >= 0.3 is 6.03 Å². The number of nitrogens with one attached hydrogen (secondary N) is 1. The fourth-order valence-corrected chi connectivity index (χ4v) is 6.52. The van der Waals surface area contributed by atoms with Gasteiger partial charge in [-0.1, -0.05) is 36.8 Å². The topological polar surface area (TPSA) is 112 Å². The lowest BCUT2D eigenvalue weighted by molar-refractivity contribution is -0.116. The van der Waals surface area contributed by atoms with Crippen LogP contribution < -0.4 is 11.1 Å². The number of nitrogens with two attached hydrogens (primary N) is 1. The molecule has 1 aliphatic heterocycles. The van der Waals surface area contributed by atoms with Gasteiger partial charge in [-0.3, -0.25) is 14.5 Å². The molecule has 3 fully saturated rings. The molecule has 0 bridgehead atoms. The highest BCUT2D eigenvalue weighted by Crippen LogP contribution is 2.49. The standard InChI is InChI=1S/C29H38N6O3/c1-33(2)29(23-9-4-3-5-10-23)14-12-28(13-15-29)20-34(27(38)35(28)18-21-7-6-8-21)19-25(36)32-24-17-22(26(30)37)11-16-31-24/h3-5,9-11,16-17,21H,6-8,12-15,18-20H2,1-2H3,(H2,30,37)(H,31,32,36)/t28-,29+. The van der Waals surface area contributed by atoms with E-state index in [1.807, 2.05) is 0 Å². The minimum absolute atomic E-state index is 0.0528. The number of pyridine rings is 1. The van der Waals surface area contributed by atoms with E-state index in [4.69, 9.17) is 5.73 Å². The van der Waals surface area contributed by atoms with Crippen LogP contribution in [0.15, 0.2) is 48.7 Å². The molecule has 2 aromatic rings. The molecule has 4 amide bonds. The molecule has 1 saturated heterocycles. The zero-order valence-electron chi connectivity index (χ0n) is 22.4. The summed E-state index contributed by atoms with van der Waals surface area (Å²) in [6.45, 7) is 1.25. The predicted octanol–water partition coefficient (Wildman–Crippen LogP) is 3.43. The van der Waals surface area contributed by atoms with Crippen LogP contribution in [0.5, 0.6) is 0 Å². The summed E-state index contributed by atoms with van der Waals surface area (Å²) in [6.07, 6.45) is 8.64. The van der Waals surface area contributed by atoms with Crippen LogP contribution in [-0.4, -0.2) is 76.8 Å². The van der Waals surface area contributed by atoms with Crippen LogP contribution in [0.1, 0.15) is 60.9 Å². The Morgan fingerprint density at radius 1 is 1.11 bits per heavy atom. The fourth-order valence-electron chi connectivity index (χ4n) is 6.52. The number of carbonyl (C=O) groups excluding carboxylic acids is 3. The van der Waals surface area contributed by atoms with Crippen LogP contribution in [0.2, 0.25) is 0 Å². The van der Waals surface area contributed by atoms with E-state index in [9.17, 15) is 14.4 Å². The van der Waals surface area contributed by atoms with Crippen LogP contribution in [0.4, 0.5) is 10.6 Å². The quantitative estimate of drug-likeness (QED) is 0.556. The largest absolute Gasteiger partial charge is 0.366 e. The number of amides is 4. The summed E-state index contributed by atoms with van der Waals surface area (Å²) >= 11 is 0. The van der Waals surface area contributed by atoms with Gasteiger partial charge in [0.25, 0.3) is 0 Å². The molecule has 2 saturated carbocycles. The van der Waals surface area contributed by atoms with Crippen LogP contribution in [0.25, 0.3) is 0 Å². The fraction of sp³-hybridized carbons (Fsp3) is 0.517. The summed E-state index contributed by atoms with van der Waals surface area (Å²) in [5.74, 6) is -0.140. The first-order valence-electron chi connectivity index (χ1n) is 13.6. The second-order valence-electron chi connectivity index (χ2n) is 11.4. The van der Waals surface area contributed by atoms with Gasteiger partial charge in [-0.2, -0.15) is 0 Å². The Bertz CT molecular complexity index is 1190. The number of carbonyl (C=O) groups is 3. The van der Waals surface area contributed by atoms with E-state index in [1.165, 1.54) is 30.3 Å². The normalized spacial score (nSPS) is 25.6. The zero-order valence-corrected chi connectivity index (χ0v) is 22.4. The minimum atomic E-state index is -0.590. The lowest BCUT2D eigenvalue weighted by atomic mass is 9.68. The van der Waals surface area contributed by atoms with Crippen molar-refractivity contribution in [2.24, 2.45) is 11.7 Å². The number of urea groups is 1. The summed E-state index contributed by atoms with van der Waals surface area (Å²) in [5.41, 5.74) is 6.59. The van der Waals surface area contributed by atoms with E-state index in [2.05, 4.69) is 64.5 Å². The van der Waals surface area contributed by atoms with E-state index >= 15 is 0 Å². The second-order valence-corrected chi connectivity index (χ2v) is 11.4. The van der Waals surface area contributed by atoms with Gasteiger partial charge in [0, 0.05) is 30.4 Å². The molecule has 2 aliphatic carbocycles. The molecule has 5 rings (SSSR count). The number of nitrogens with zero attached hydrogens (tertiary/aromatic N) is 4. The van der Waals surface area contributed by atoms with Crippen molar-refractivity contribution in [3.05, 3.63) is 59.8 Å². The summed E-state index contributed by atoms with van der Waals surface area (Å²) in [4.78, 5) is 48.4. The van der Waals surface area contributed by atoms with Crippen LogP contribution in [0.3, 0.4) is 0 Å². The van der Waals surface area contributed by atoms with Crippen molar-refractivity contribution in [3.8, 4) is 0 Å². The highest BCUT2D eigenvalue weighted by atomic mass is 16.2. The van der Waals surface area contributed by atoms with Gasteiger partial charge in [0.2, 0.25) is 11.8 Å². The number of hydrogen-bond donors (Lipinski definition) is 2. The molecule has 9 heteroatoms. The van der Waals surface area contributed by atoms with E-state index in [0.29, 0.717) is 12.5 Å². The smallest absolute Gasteiger partial charge is 0.321 e. The van der Waals surface area contributed by atoms with E-state index in [0.717, 1.165) is 45.1 Å². The maximum Gasteiger partial charge on any atom is 0.321 e. The number of primary amides is 1. The van der Waals surface area contributed by atoms with E-state index in [-0.39, 0.29) is 40.9 Å². The highest BCUT2D eigenvalue weighted by molar-refractivity contribution is 5.97. The first-order valence-corrected chi connectivity index (χ1v) is 13.6. The third-order valence-electron chi connectivity index (χ3n) is 9.05. The van der Waals surface area contributed by atoms with Crippen molar-refractivity contribution in [2.45, 2.75) is 56.0 Å². The van der Waals surface area contributed by atoms with Crippen molar-refractivity contribution < 1.29 is 14.4 Å². The first kappa shape index (κ1) is 26.2. The molecule has 1 aromatic carbocycles. The van der Waals surface area contributed by atoms with Crippen molar-refractivity contribution in [2.75, 3.05) is 39.0 Å². The molecular weight excluding hydrogens is 480 g/mol. The van der Waals surface area contributed by atoms with Crippen molar-refractivity contribution in [1.82, 2.24) is 19.7 Å². The van der Waals surface area contributed by atoms with Gasteiger partial charge < -0.3 is 20.9 Å². The Kier molecular flexibility index (Phi) is 7.13. The molecule has 3 N–H and O–H groups in total. The highest BCUT2D eigenvalue weighted by Gasteiger charge is 2.55. The first-order chi connectivity index (χ1) is 18.2. The molecular formula is C29H38N6O3. The third kappa shape index (κ3) is 4.87. The number of hydrogen-bond acceptors (Lipinski definition) is 5. The Morgan fingerprint density at radius 2 is 1.82 bits per heavy atom. The second kappa shape index (κ2) is 10.4. The lowest BCUT2D eigenvalue weighted by Gasteiger charge is -2.51. The van der Waals surface area contributed by atoms with E-state index in [1.54, 1.807) is 4.90 Å². The molecule has 0 atom stereocenters. The molecule has 9 nitrogen and oxygen atoms in total. The van der Waals surface area contributed by atoms with Gasteiger partial charge in [0.15, 0.2) is 0 Å². The Labute approximate surface area is 224 Å². The summed E-state index contributed by atoms with van der Waals surface area (Å²) < 4.78 is 0. The van der Waals surface area contributed by atoms with Crippen molar-refractivity contribution >= 4 is 23.7 Å². The molecule has 202 valence electrons. The van der Waals surface area contributed by atoms with Gasteiger partial charge in [0.1, 0.15) is 12.4 Å². The Morgan fingerprint density at radius 3 is 2.42 bits per heavy atom. The third-order valence-corrected chi connectivity index (χ3v) is 9.05. The van der Waals surface area contributed by atoms with Crippen molar-refractivity contribution in [1.29, 1.82) is 0 Å². The van der Waals surface area contributed by atoms with Gasteiger partial charge in [0.05, 0.1) is 5.54 Å². The molecule has 0 unspecified atom stereocenters.